The van der Waals surface area contributed by atoms with Gasteiger partial charge in [-0.1, -0.05) is 0 Å². The largest absolute Gasteiger partial charge is 0.384 e. The highest BCUT2D eigenvalue weighted by Crippen LogP contribution is 2.30. The highest BCUT2D eigenvalue weighted by molar-refractivity contribution is 5.95. The molecule has 1 aromatic rings. The van der Waals surface area contributed by atoms with Crippen LogP contribution in [0.3, 0.4) is 0 Å². The molecule has 2 rings (SSSR count). The smallest absolute Gasteiger partial charge is 0.250 e. The van der Waals surface area contributed by atoms with E-state index in [9.17, 15) is 9.59 Å². The molecule has 1 aliphatic rings. The number of aryl methyl sites for hydroxylation is 1. The summed E-state index contributed by atoms with van der Waals surface area (Å²) in [4.78, 5) is 24.2. The standard InChI is InChI=1S/C15H23N3O3.ClH/c1-3-18-10-12(4-5-13(18)19)17-14(20)15(11-21-2)6-8-16-9-7-15;/h4-5,10,16H,3,6-9,11H2,1-2H3,(H,17,20);1H. The van der Waals surface area contributed by atoms with Crippen LogP contribution in [0.5, 0.6) is 0 Å². The van der Waals surface area contributed by atoms with Crippen molar-refractivity contribution in [1.29, 1.82) is 0 Å². The monoisotopic (exact) mass is 329 g/mol. The summed E-state index contributed by atoms with van der Waals surface area (Å²) in [6.07, 6.45) is 3.18. The van der Waals surface area contributed by atoms with Crippen molar-refractivity contribution in [1.82, 2.24) is 9.88 Å². The van der Waals surface area contributed by atoms with Crippen molar-refractivity contribution >= 4 is 24.0 Å². The zero-order valence-electron chi connectivity index (χ0n) is 13.1. The molecule has 0 saturated carbocycles. The normalized spacial score (nSPS) is 16.6. The van der Waals surface area contributed by atoms with Gasteiger partial charge in [-0.3, -0.25) is 9.59 Å². The molecule has 0 unspecified atom stereocenters. The summed E-state index contributed by atoms with van der Waals surface area (Å²) in [5, 5.41) is 6.19. The first-order valence-electron chi connectivity index (χ1n) is 7.33. The highest BCUT2D eigenvalue weighted by atomic mass is 35.5. The number of rotatable bonds is 5. The topological polar surface area (TPSA) is 72.4 Å². The van der Waals surface area contributed by atoms with Crippen LogP contribution in [0.25, 0.3) is 0 Å². The number of nitrogens with one attached hydrogen (secondary N) is 2. The Hall–Kier alpha value is -1.37. The number of ether oxygens (including phenoxy) is 1. The molecule has 7 heteroatoms. The van der Waals surface area contributed by atoms with Crippen molar-refractivity contribution in [2.75, 3.05) is 32.1 Å². The molecule has 1 amide bonds. The average molecular weight is 330 g/mol. The zero-order chi connectivity index (χ0) is 15.3. The fourth-order valence-corrected chi connectivity index (χ4v) is 2.73. The van der Waals surface area contributed by atoms with Crippen LogP contribution in [0.4, 0.5) is 5.69 Å². The summed E-state index contributed by atoms with van der Waals surface area (Å²) in [7, 11) is 1.62. The van der Waals surface area contributed by atoms with Gasteiger partial charge in [0.2, 0.25) is 5.91 Å². The third-order valence-corrected chi connectivity index (χ3v) is 4.04. The van der Waals surface area contributed by atoms with Gasteiger partial charge in [0.25, 0.3) is 5.56 Å². The molecule has 0 aromatic carbocycles. The number of anilines is 1. The molecule has 0 bridgehead atoms. The van der Waals surface area contributed by atoms with E-state index in [0.29, 0.717) is 18.8 Å². The zero-order valence-corrected chi connectivity index (χ0v) is 13.9. The summed E-state index contributed by atoms with van der Waals surface area (Å²) in [6, 6.07) is 3.12. The Morgan fingerprint density at radius 3 is 2.68 bits per heavy atom. The van der Waals surface area contributed by atoms with Crippen molar-refractivity contribution in [2.24, 2.45) is 5.41 Å². The van der Waals surface area contributed by atoms with Crippen LogP contribution < -0.4 is 16.2 Å². The van der Waals surface area contributed by atoms with Gasteiger partial charge < -0.3 is 19.9 Å². The van der Waals surface area contributed by atoms with E-state index < -0.39 is 5.41 Å². The number of piperidine rings is 1. The van der Waals surface area contributed by atoms with Crippen LogP contribution in [0.1, 0.15) is 19.8 Å². The van der Waals surface area contributed by atoms with Gasteiger partial charge in [-0.25, -0.2) is 0 Å². The van der Waals surface area contributed by atoms with E-state index in [2.05, 4.69) is 10.6 Å². The minimum atomic E-state index is -0.493. The van der Waals surface area contributed by atoms with Gasteiger partial charge in [0.05, 0.1) is 17.7 Å². The van der Waals surface area contributed by atoms with E-state index in [4.69, 9.17) is 4.74 Å². The molecule has 0 spiro atoms. The van der Waals surface area contributed by atoms with Crippen molar-refractivity contribution < 1.29 is 9.53 Å². The second kappa shape index (κ2) is 8.31. The van der Waals surface area contributed by atoms with Crippen LogP contribution in [-0.4, -0.2) is 37.3 Å². The predicted octanol–water partition coefficient (Wildman–Crippen LogP) is 1.24. The lowest BCUT2D eigenvalue weighted by Gasteiger charge is -2.35. The van der Waals surface area contributed by atoms with Gasteiger partial charge in [0, 0.05) is 25.9 Å². The number of hydrogen-bond acceptors (Lipinski definition) is 4. The predicted molar refractivity (Wildman–Crippen MR) is 88.7 cm³/mol. The van der Waals surface area contributed by atoms with E-state index in [1.54, 1.807) is 23.9 Å². The SMILES string of the molecule is CCn1cc(NC(=O)C2(COC)CCNCC2)ccc1=O.Cl. The first kappa shape index (κ1) is 18.7. The highest BCUT2D eigenvalue weighted by Gasteiger charge is 2.39. The quantitative estimate of drug-likeness (QED) is 0.852. The summed E-state index contributed by atoms with van der Waals surface area (Å²) < 4.78 is 6.83. The number of methoxy groups -OCH3 is 1. The van der Waals surface area contributed by atoms with Gasteiger partial charge in [-0.05, 0) is 38.9 Å². The Bertz CT molecular complexity index is 548. The number of pyridine rings is 1. The number of halogens is 1. The second-order valence-corrected chi connectivity index (χ2v) is 5.46. The first-order chi connectivity index (χ1) is 10.1. The maximum atomic E-state index is 12.7. The fraction of sp³-hybridized carbons (Fsp3) is 0.600. The third kappa shape index (κ3) is 4.09. The van der Waals surface area contributed by atoms with Gasteiger partial charge in [0.1, 0.15) is 0 Å². The summed E-state index contributed by atoms with van der Waals surface area (Å²) in [5.74, 6) is -0.0350. The van der Waals surface area contributed by atoms with Crippen LogP contribution in [0.2, 0.25) is 0 Å². The lowest BCUT2D eigenvalue weighted by molar-refractivity contribution is -0.130. The van der Waals surface area contributed by atoms with Gasteiger partial charge in [-0.2, -0.15) is 0 Å². The molecule has 22 heavy (non-hydrogen) atoms. The molecule has 1 fully saturated rings. The van der Waals surface area contributed by atoms with E-state index in [-0.39, 0.29) is 23.9 Å². The van der Waals surface area contributed by atoms with Gasteiger partial charge in [0.15, 0.2) is 0 Å². The van der Waals surface area contributed by atoms with Crippen LogP contribution in [-0.2, 0) is 16.1 Å². The van der Waals surface area contributed by atoms with Crippen LogP contribution >= 0.6 is 12.4 Å². The van der Waals surface area contributed by atoms with Crippen molar-refractivity contribution in [2.45, 2.75) is 26.3 Å². The number of aromatic nitrogens is 1. The van der Waals surface area contributed by atoms with Crippen molar-refractivity contribution in [3.63, 3.8) is 0 Å². The van der Waals surface area contributed by atoms with E-state index in [1.807, 2.05) is 6.92 Å². The lowest BCUT2D eigenvalue weighted by atomic mass is 9.78. The van der Waals surface area contributed by atoms with Gasteiger partial charge in [-0.15, -0.1) is 12.4 Å². The molecule has 0 radical (unpaired) electrons. The minimum absolute atomic E-state index is 0. The molecule has 0 aliphatic carbocycles. The Kier molecular flexibility index (Phi) is 7.06. The summed E-state index contributed by atoms with van der Waals surface area (Å²) >= 11 is 0. The van der Waals surface area contributed by atoms with Crippen molar-refractivity contribution in [3.8, 4) is 0 Å². The van der Waals surface area contributed by atoms with Crippen LogP contribution in [0.15, 0.2) is 23.1 Å². The molecule has 2 N–H and O–H groups in total. The maximum Gasteiger partial charge on any atom is 0.250 e. The molecule has 124 valence electrons. The number of amides is 1. The minimum Gasteiger partial charge on any atom is -0.384 e. The number of carbonyl (C=O) groups is 1. The molecular formula is C15H24ClN3O3. The number of carbonyl (C=O) groups excluding carboxylic acids is 1. The molecule has 2 heterocycles. The van der Waals surface area contributed by atoms with Crippen LogP contribution in [0, 0.1) is 5.41 Å². The second-order valence-electron chi connectivity index (χ2n) is 5.46. The molecular weight excluding hydrogens is 306 g/mol. The molecule has 0 atom stereocenters. The Labute approximate surface area is 136 Å². The van der Waals surface area contributed by atoms with Gasteiger partial charge >= 0.3 is 0 Å². The Morgan fingerprint density at radius 1 is 1.41 bits per heavy atom. The molecule has 1 aliphatic heterocycles. The van der Waals surface area contributed by atoms with E-state index >= 15 is 0 Å². The lowest BCUT2D eigenvalue weighted by Crippen LogP contribution is -2.47. The summed E-state index contributed by atoms with van der Waals surface area (Å²) in [5.41, 5.74) is 0.0899. The molecule has 1 saturated heterocycles. The Morgan fingerprint density at radius 2 is 2.09 bits per heavy atom. The van der Waals surface area contributed by atoms with E-state index in [1.165, 1.54) is 6.07 Å². The molecule has 1 aromatic heterocycles. The molecule has 6 nitrogen and oxygen atoms in total. The Balaban J connectivity index is 0.00000242. The van der Waals surface area contributed by atoms with Crippen molar-refractivity contribution in [3.05, 3.63) is 28.7 Å². The number of hydrogen-bond donors (Lipinski definition) is 2. The number of nitrogens with zero attached hydrogens (tertiary/aromatic N) is 1. The fourth-order valence-electron chi connectivity index (χ4n) is 2.73. The maximum absolute atomic E-state index is 12.7. The average Bonchev–Trinajstić information content (AvgIpc) is 2.50. The first-order valence-corrected chi connectivity index (χ1v) is 7.33. The van der Waals surface area contributed by atoms with E-state index in [0.717, 1.165) is 25.9 Å². The third-order valence-electron chi connectivity index (χ3n) is 4.04. The summed E-state index contributed by atoms with van der Waals surface area (Å²) in [6.45, 7) is 4.51.